The predicted molar refractivity (Wildman–Crippen MR) is 149 cm³/mol. The molecule has 2 fully saturated rings. The third-order valence-corrected chi connectivity index (χ3v) is 8.54. The fourth-order valence-corrected chi connectivity index (χ4v) is 6.21. The number of aliphatic carboxylic acids is 1. The lowest BCUT2D eigenvalue weighted by atomic mass is 9.97. The maximum atomic E-state index is 11.3. The SMILES string of the molecule is Cc1cc(CN2CCCCC2)ccc1COc1ccc(C#N)cc1-c1csc(N2CCC(C(=O)O)CC2)n1. The Balaban J connectivity index is 1.29. The number of ether oxygens (including phenoxy) is 1. The van der Waals surface area contributed by atoms with Crippen molar-refractivity contribution in [3.63, 3.8) is 0 Å². The van der Waals surface area contributed by atoms with Crippen LogP contribution in [0, 0.1) is 24.2 Å². The molecule has 2 aliphatic rings. The molecule has 0 atom stereocenters. The summed E-state index contributed by atoms with van der Waals surface area (Å²) in [6, 6.07) is 14.3. The van der Waals surface area contributed by atoms with E-state index in [0.717, 1.165) is 28.5 Å². The highest BCUT2D eigenvalue weighted by molar-refractivity contribution is 7.14. The average Bonchev–Trinajstić information content (AvgIpc) is 3.43. The van der Waals surface area contributed by atoms with Crippen molar-refractivity contribution >= 4 is 22.4 Å². The highest BCUT2D eigenvalue weighted by Gasteiger charge is 2.26. The van der Waals surface area contributed by atoms with Crippen LogP contribution in [0.4, 0.5) is 5.13 Å². The van der Waals surface area contributed by atoms with E-state index in [4.69, 9.17) is 9.72 Å². The van der Waals surface area contributed by atoms with E-state index in [9.17, 15) is 15.2 Å². The molecule has 0 spiro atoms. The largest absolute Gasteiger partial charge is 0.488 e. The summed E-state index contributed by atoms with van der Waals surface area (Å²) in [5.74, 6) is -0.297. The van der Waals surface area contributed by atoms with Crippen molar-refractivity contribution in [2.24, 2.45) is 5.92 Å². The van der Waals surface area contributed by atoms with Gasteiger partial charge in [0.05, 0.1) is 23.2 Å². The van der Waals surface area contributed by atoms with E-state index in [2.05, 4.69) is 41.0 Å². The molecule has 2 aromatic carbocycles. The second kappa shape index (κ2) is 12.0. The van der Waals surface area contributed by atoms with Crippen molar-refractivity contribution in [3.05, 3.63) is 64.0 Å². The maximum absolute atomic E-state index is 11.3. The minimum Gasteiger partial charge on any atom is -0.488 e. The van der Waals surface area contributed by atoms with Crippen LogP contribution in [0.1, 0.15) is 54.4 Å². The summed E-state index contributed by atoms with van der Waals surface area (Å²) in [5, 5.41) is 21.6. The van der Waals surface area contributed by atoms with Crippen molar-refractivity contribution in [1.82, 2.24) is 9.88 Å². The van der Waals surface area contributed by atoms with Gasteiger partial charge in [0.15, 0.2) is 5.13 Å². The molecule has 8 heteroatoms. The lowest BCUT2D eigenvalue weighted by Gasteiger charge is -2.29. The maximum Gasteiger partial charge on any atom is 0.306 e. The van der Waals surface area contributed by atoms with Gasteiger partial charge in [-0.05, 0) is 80.6 Å². The number of piperidine rings is 2. The monoisotopic (exact) mass is 530 g/mol. The van der Waals surface area contributed by atoms with Crippen LogP contribution in [0.5, 0.6) is 5.75 Å². The number of nitrogens with zero attached hydrogens (tertiary/aromatic N) is 4. The van der Waals surface area contributed by atoms with Crippen LogP contribution >= 0.6 is 11.3 Å². The Morgan fingerprint density at radius 1 is 1.13 bits per heavy atom. The summed E-state index contributed by atoms with van der Waals surface area (Å²) in [5.41, 5.74) is 5.83. The van der Waals surface area contributed by atoms with E-state index in [1.807, 2.05) is 17.5 Å². The van der Waals surface area contributed by atoms with Gasteiger partial charge in [-0.3, -0.25) is 9.69 Å². The van der Waals surface area contributed by atoms with Crippen molar-refractivity contribution in [1.29, 1.82) is 5.26 Å². The van der Waals surface area contributed by atoms with E-state index < -0.39 is 5.97 Å². The number of hydrogen-bond donors (Lipinski definition) is 1. The van der Waals surface area contributed by atoms with E-state index in [0.29, 0.717) is 43.9 Å². The molecule has 38 heavy (non-hydrogen) atoms. The Bertz CT molecular complexity index is 1320. The van der Waals surface area contributed by atoms with Gasteiger partial charge in [0.2, 0.25) is 0 Å². The summed E-state index contributed by atoms with van der Waals surface area (Å²) in [6.45, 7) is 7.31. The second-order valence-corrected chi connectivity index (χ2v) is 11.2. The molecule has 3 aromatic rings. The average molecular weight is 531 g/mol. The molecule has 0 unspecified atom stereocenters. The Morgan fingerprint density at radius 3 is 2.63 bits per heavy atom. The molecule has 198 valence electrons. The van der Waals surface area contributed by atoms with Crippen LogP contribution in [0.3, 0.4) is 0 Å². The first-order valence-electron chi connectivity index (χ1n) is 13.4. The number of hydrogen-bond acceptors (Lipinski definition) is 7. The number of carbonyl (C=O) groups is 1. The minimum absolute atomic E-state index is 0.278. The first-order chi connectivity index (χ1) is 18.5. The zero-order valence-electron chi connectivity index (χ0n) is 21.9. The second-order valence-electron chi connectivity index (χ2n) is 10.3. The fourth-order valence-electron chi connectivity index (χ4n) is 5.33. The van der Waals surface area contributed by atoms with Crippen LogP contribution < -0.4 is 9.64 Å². The van der Waals surface area contributed by atoms with Gasteiger partial charge < -0.3 is 14.7 Å². The number of thiazole rings is 1. The summed E-state index contributed by atoms with van der Waals surface area (Å²) < 4.78 is 6.31. The van der Waals surface area contributed by atoms with Gasteiger partial charge in [-0.25, -0.2) is 4.98 Å². The van der Waals surface area contributed by atoms with E-state index in [-0.39, 0.29) is 5.92 Å². The molecule has 2 aliphatic heterocycles. The molecule has 1 N–H and O–H groups in total. The number of rotatable bonds is 8. The van der Waals surface area contributed by atoms with Crippen LogP contribution in [-0.2, 0) is 17.9 Å². The Labute approximate surface area is 228 Å². The molecule has 0 saturated carbocycles. The Hall–Kier alpha value is -3.41. The molecule has 0 radical (unpaired) electrons. The van der Waals surface area contributed by atoms with Crippen LogP contribution in [-0.4, -0.2) is 47.1 Å². The lowest BCUT2D eigenvalue weighted by molar-refractivity contribution is -0.142. The number of nitriles is 1. The number of anilines is 1. The summed E-state index contributed by atoms with van der Waals surface area (Å²) in [6.07, 6.45) is 5.18. The van der Waals surface area contributed by atoms with Gasteiger partial charge in [0.1, 0.15) is 12.4 Å². The standard InChI is InChI=1S/C30H34N4O3S/c1-21-15-23(18-33-11-3-2-4-12-33)5-7-25(21)19-37-28-8-6-22(17-31)16-26(28)27-20-38-30(32-27)34-13-9-24(10-14-34)29(35)36/h5-8,15-16,20,24H,2-4,9-14,18-19H2,1H3,(H,35,36). The number of aromatic nitrogens is 1. The molecular formula is C30H34N4O3S. The Kier molecular flexibility index (Phi) is 8.26. The zero-order chi connectivity index (χ0) is 26.5. The molecule has 0 bridgehead atoms. The van der Waals surface area contributed by atoms with Crippen LogP contribution in [0.25, 0.3) is 11.3 Å². The molecule has 0 aliphatic carbocycles. The molecule has 0 amide bonds. The quantitative estimate of drug-likeness (QED) is 0.390. The fraction of sp³-hybridized carbons (Fsp3) is 0.433. The summed E-state index contributed by atoms with van der Waals surface area (Å²) in [7, 11) is 0. The van der Waals surface area contributed by atoms with Crippen molar-refractivity contribution < 1.29 is 14.6 Å². The zero-order valence-corrected chi connectivity index (χ0v) is 22.7. The first-order valence-corrected chi connectivity index (χ1v) is 14.3. The topological polar surface area (TPSA) is 89.7 Å². The van der Waals surface area contributed by atoms with Gasteiger partial charge in [0.25, 0.3) is 0 Å². The van der Waals surface area contributed by atoms with Gasteiger partial charge in [0, 0.05) is 30.6 Å². The van der Waals surface area contributed by atoms with Crippen molar-refractivity contribution in [2.75, 3.05) is 31.1 Å². The molecule has 5 rings (SSSR count). The molecule has 3 heterocycles. The highest BCUT2D eigenvalue weighted by atomic mass is 32.1. The van der Waals surface area contributed by atoms with Crippen molar-refractivity contribution in [3.8, 4) is 23.1 Å². The number of likely N-dealkylation sites (tertiary alicyclic amines) is 1. The third-order valence-electron chi connectivity index (χ3n) is 7.64. The molecule has 7 nitrogen and oxygen atoms in total. The summed E-state index contributed by atoms with van der Waals surface area (Å²) in [4.78, 5) is 20.8. The number of benzene rings is 2. The van der Waals surface area contributed by atoms with Crippen LogP contribution in [0.15, 0.2) is 41.8 Å². The Morgan fingerprint density at radius 2 is 1.92 bits per heavy atom. The molecular weight excluding hydrogens is 496 g/mol. The van der Waals surface area contributed by atoms with E-state index in [1.165, 1.54) is 43.5 Å². The highest BCUT2D eigenvalue weighted by Crippen LogP contribution is 2.36. The van der Waals surface area contributed by atoms with Gasteiger partial charge in [-0.15, -0.1) is 11.3 Å². The number of carboxylic acids is 1. The normalized spacial score (nSPS) is 16.8. The number of carboxylic acid groups (broad SMARTS) is 1. The minimum atomic E-state index is -0.716. The smallest absolute Gasteiger partial charge is 0.306 e. The van der Waals surface area contributed by atoms with Gasteiger partial charge in [-0.1, -0.05) is 24.6 Å². The first kappa shape index (κ1) is 26.2. The third kappa shape index (κ3) is 6.17. The van der Waals surface area contributed by atoms with Gasteiger partial charge in [-0.2, -0.15) is 5.26 Å². The summed E-state index contributed by atoms with van der Waals surface area (Å²) >= 11 is 1.54. The van der Waals surface area contributed by atoms with Crippen LogP contribution in [0.2, 0.25) is 0 Å². The van der Waals surface area contributed by atoms with E-state index in [1.54, 1.807) is 17.4 Å². The lowest BCUT2D eigenvalue weighted by Crippen LogP contribution is -2.36. The number of aryl methyl sites for hydroxylation is 1. The van der Waals surface area contributed by atoms with Gasteiger partial charge >= 0.3 is 5.97 Å². The molecule has 2 saturated heterocycles. The van der Waals surface area contributed by atoms with E-state index >= 15 is 0 Å². The van der Waals surface area contributed by atoms with Crippen molar-refractivity contribution in [2.45, 2.75) is 52.2 Å². The predicted octanol–water partition coefficient (Wildman–Crippen LogP) is 5.86. The molecule has 1 aromatic heterocycles.